The zero-order valence-electron chi connectivity index (χ0n) is 12.1. The van der Waals surface area contributed by atoms with Crippen LogP contribution in [0.5, 0.6) is 0 Å². The summed E-state index contributed by atoms with van der Waals surface area (Å²) in [5.74, 6) is 0.998. The molecule has 1 aromatic heterocycles. The summed E-state index contributed by atoms with van der Waals surface area (Å²) in [4.78, 5) is 10.9. The van der Waals surface area contributed by atoms with Crippen LogP contribution in [0.15, 0.2) is 0 Å². The number of hydrogen-bond acceptors (Lipinski definition) is 5. The van der Waals surface area contributed by atoms with Gasteiger partial charge in [-0.1, -0.05) is 12.8 Å². The van der Waals surface area contributed by atoms with E-state index in [1.807, 2.05) is 6.92 Å². The van der Waals surface area contributed by atoms with Gasteiger partial charge in [-0.05, 0) is 32.6 Å². The van der Waals surface area contributed by atoms with Crippen molar-refractivity contribution >= 4 is 11.5 Å². The van der Waals surface area contributed by atoms with Gasteiger partial charge in [0.2, 0.25) is 5.82 Å². The van der Waals surface area contributed by atoms with Gasteiger partial charge >= 0.3 is 5.69 Å². The third-order valence-electron chi connectivity index (χ3n) is 4.12. The second-order valence-corrected chi connectivity index (χ2v) is 5.39. The first-order valence-electron chi connectivity index (χ1n) is 7.26. The first kappa shape index (κ1) is 14.8. The Kier molecular flexibility index (Phi) is 4.59. The summed E-state index contributed by atoms with van der Waals surface area (Å²) in [6.45, 7) is 4.67. The van der Waals surface area contributed by atoms with Gasteiger partial charge in [0.15, 0.2) is 0 Å². The molecule has 0 radical (unpaired) electrons. The van der Waals surface area contributed by atoms with Crippen LogP contribution in [0.1, 0.15) is 38.3 Å². The van der Waals surface area contributed by atoms with Crippen LogP contribution >= 0.6 is 0 Å². The Morgan fingerprint density at radius 2 is 2.20 bits per heavy atom. The highest BCUT2D eigenvalue weighted by atomic mass is 16.6. The number of nitrogens with one attached hydrogen (secondary N) is 1. The number of anilines is 1. The van der Waals surface area contributed by atoms with E-state index in [2.05, 4.69) is 10.4 Å². The first-order chi connectivity index (χ1) is 9.58. The minimum absolute atomic E-state index is 0.0725. The lowest BCUT2D eigenvalue weighted by Crippen LogP contribution is -2.36. The van der Waals surface area contributed by atoms with Gasteiger partial charge in [-0.25, -0.2) is 4.68 Å². The van der Waals surface area contributed by atoms with Crippen LogP contribution in [0, 0.1) is 23.0 Å². The third-order valence-corrected chi connectivity index (χ3v) is 4.12. The van der Waals surface area contributed by atoms with Crippen LogP contribution in [0.25, 0.3) is 0 Å². The maximum atomic E-state index is 11.2. The van der Waals surface area contributed by atoms with Crippen LogP contribution < -0.4 is 11.1 Å². The molecule has 1 unspecified atom stereocenters. The molecule has 1 fully saturated rings. The van der Waals surface area contributed by atoms with Crippen LogP contribution in [0.4, 0.5) is 11.5 Å². The van der Waals surface area contributed by atoms with E-state index in [1.54, 1.807) is 11.6 Å². The minimum Gasteiger partial charge on any atom is -0.360 e. The van der Waals surface area contributed by atoms with E-state index in [0.717, 1.165) is 12.8 Å². The number of nitrogens with two attached hydrogens (primary N) is 1. The average Bonchev–Trinajstić information content (AvgIpc) is 3.03. The number of aryl methyl sites for hydroxylation is 2. The van der Waals surface area contributed by atoms with Crippen molar-refractivity contribution in [3.05, 3.63) is 15.8 Å². The predicted octanol–water partition coefficient (Wildman–Crippen LogP) is 2.05. The fourth-order valence-electron chi connectivity index (χ4n) is 3.07. The maximum Gasteiger partial charge on any atom is 0.333 e. The predicted molar refractivity (Wildman–Crippen MR) is 77.7 cm³/mol. The Bertz CT molecular complexity index is 479. The maximum absolute atomic E-state index is 11.2. The van der Waals surface area contributed by atoms with Gasteiger partial charge < -0.3 is 11.1 Å². The topological polar surface area (TPSA) is 99.0 Å². The van der Waals surface area contributed by atoms with Crippen molar-refractivity contribution in [2.45, 2.75) is 52.1 Å². The third kappa shape index (κ3) is 2.77. The lowest BCUT2D eigenvalue weighted by atomic mass is 9.98. The van der Waals surface area contributed by atoms with Crippen molar-refractivity contribution in [2.75, 3.05) is 11.9 Å². The van der Waals surface area contributed by atoms with E-state index >= 15 is 0 Å². The molecule has 0 amide bonds. The Morgan fingerprint density at radius 1 is 1.55 bits per heavy atom. The number of nitro groups is 1. The van der Waals surface area contributed by atoms with Crippen LogP contribution in [-0.2, 0) is 6.54 Å². The molecule has 0 bridgehead atoms. The van der Waals surface area contributed by atoms with Gasteiger partial charge in [-0.2, -0.15) is 5.10 Å². The average molecular weight is 281 g/mol. The largest absolute Gasteiger partial charge is 0.360 e. The molecule has 1 aliphatic rings. The second-order valence-electron chi connectivity index (χ2n) is 5.39. The molecule has 1 aliphatic carbocycles. The van der Waals surface area contributed by atoms with Crippen LogP contribution in [0.2, 0.25) is 0 Å². The van der Waals surface area contributed by atoms with Gasteiger partial charge in [-0.3, -0.25) is 10.1 Å². The smallest absolute Gasteiger partial charge is 0.333 e. The number of hydrogen-bond donors (Lipinski definition) is 2. The van der Waals surface area contributed by atoms with Crippen molar-refractivity contribution in [1.82, 2.24) is 9.78 Å². The molecule has 3 N–H and O–H groups in total. The SMILES string of the molecule is CCn1nc(C)c([N+](=O)[O-])c1NC(CN)C1CCCC1. The molecule has 7 nitrogen and oxygen atoms in total. The molecule has 0 aliphatic heterocycles. The summed E-state index contributed by atoms with van der Waals surface area (Å²) in [6, 6.07) is 0.0811. The van der Waals surface area contributed by atoms with Crippen LogP contribution in [-0.4, -0.2) is 27.3 Å². The summed E-state index contributed by atoms with van der Waals surface area (Å²) in [7, 11) is 0. The number of nitrogens with zero attached hydrogens (tertiary/aromatic N) is 3. The standard InChI is InChI=1S/C13H23N5O2/c1-3-17-13(12(18(19)20)9(2)16-17)15-11(8-14)10-6-4-5-7-10/h10-11,15H,3-8,14H2,1-2H3. The molecule has 2 rings (SSSR count). The highest BCUT2D eigenvalue weighted by molar-refractivity contribution is 5.60. The molecule has 7 heteroatoms. The van der Waals surface area contributed by atoms with Crippen molar-refractivity contribution in [1.29, 1.82) is 0 Å². The molecule has 0 aromatic carbocycles. The molecule has 20 heavy (non-hydrogen) atoms. The minimum atomic E-state index is -0.362. The number of rotatable bonds is 6. The van der Waals surface area contributed by atoms with Crippen molar-refractivity contribution in [3.8, 4) is 0 Å². The molecule has 1 saturated carbocycles. The molecular weight excluding hydrogens is 258 g/mol. The zero-order chi connectivity index (χ0) is 14.7. The van der Waals surface area contributed by atoms with E-state index in [4.69, 9.17) is 5.73 Å². The van der Waals surface area contributed by atoms with E-state index in [0.29, 0.717) is 30.5 Å². The Hall–Kier alpha value is -1.63. The fourth-order valence-corrected chi connectivity index (χ4v) is 3.07. The normalized spacial score (nSPS) is 17.4. The highest BCUT2D eigenvalue weighted by Crippen LogP contribution is 2.33. The lowest BCUT2D eigenvalue weighted by molar-refractivity contribution is -0.384. The summed E-state index contributed by atoms with van der Waals surface area (Å²) in [5.41, 5.74) is 6.38. The highest BCUT2D eigenvalue weighted by Gasteiger charge is 2.30. The van der Waals surface area contributed by atoms with Gasteiger partial charge in [0, 0.05) is 19.1 Å². The molecule has 1 heterocycles. The van der Waals surface area contributed by atoms with E-state index in [-0.39, 0.29) is 16.7 Å². The molecule has 0 spiro atoms. The van der Waals surface area contributed by atoms with Crippen molar-refractivity contribution in [2.24, 2.45) is 11.7 Å². The van der Waals surface area contributed by atoms with Crippen molar-refractivity contribution < 1.29 is 4.92 Å². The van der Waals surface area contributed by atoms with Crippen molar-refractivity contribution in [3.63, 3.8) is 0 Å². The summed E-state index contributed by atoms with van der Waals surface area (Å²) >= 11 is 0. The Labute approximate surface area is 118 Å². The van der Waals surface area contributed by atoms with Gasteiger partial charge in [0.25, 0.3) is 0 Å². The Balaban J connectivity index is 2.28. The molecule has 0 saturated heterocycles. The molecule has 112 valence electrons. The molecule has 1 atom stereocenters. The monoisotopic (exact) mass is 281 g/mol. The van der Waals surface area contributed by atoms with Gasteiger partial charge in [-0.15, -0.1) is 0 Å². The molecule has 1 aromatic rings. The quantitative estimate of drug-likeness (QED) is 0.614. The van der Waals surface area contributed by atoms with E-state index in [1.165, 1.54) is 12.8 Å². The molecular formula is C13H23N5O2. The number of aromatic nitrogens is 2. The summed E-state index contributed by atoms with van der Waals surface area (Å²) in [5, 5.41) is 18.8. The van der Waals surface area contributed by atoms with Gasteiger partial charge in [0.1, 0.15) is 5.69 Å². The first-order valence-corrected chi connectivity index (χ1v) is 7.26. The zero-order valence-corrected chi connectivity index (χ0v) is 12.1. The van der Waals surface area contributed by atoms with E-state index < -0.39 is 0 Å². The fraction of sp³-hybridized carbons (Fsp3) is 0.769. The second kappa shape index (κ2) is 6.21. The Morgan fingerprint density at radius 3 is 2.70 bits per heavy atom. The summed E-state index contributed by atoms with van der Waals surface area (Å²) in [6.07, 6.45) is 4.72. The van der Waals surface area contributed by atoms with E-state index in [9.17, 15) is 10.1 Å². The lowest BCUT2D eigenvalue weighted by Gasteiger charge is -2.24. The van der Waals surface area contributed by atoms with Crippen LogP contribution in [0.3, 0.4) is 0 Å². The summed E-state index contributed by atoms with van der Waals surface area (Å²) < 4.78 is 1.66. The van der Waals surface area contributed by atoms with Gasteiger partial charge in [0.05, 0.1) is 4.92 Å².